The molecule has 6 rings (SSSR count). The minimum absolute atomic E-state index is 0.145. The molecular formula is C29H31ClF2N4O. The van der Waals surface area contributed by atoms with Gasteiger partial charge in [0.05, 0.1) is 5.54 Å². The summed E-state index contributed by atoms with van der Waals surface area (Å²) in [5, 5.41) is 0.674. The van der Waals surface area contributed by atoms with Gasteiger partial charge in [-0.2, -0.15) is 0 Å². The summed E-state index contributed by atoms with van der Waals surface area (Å²) in [5.74, 6) is 1.43. The number of benzene rings is 2. The Labute approximate surface area is 221 Å². The van der Waals surface area contributed by atoms with Crippen LogP contribution in [0.4, 0.5) is 8.78 Å². The number of hydrogen-bond donors (Lipinski definition) is 0. The molecule has 0 saturated carbocycles. The molecule has 3 aliphatic heterocycles. The lowest BCUT2D eigenvalue weighted by Gasteiger charge is -2.36. The van der Waals surface area contributed by atoms with E-state index in [4.69, 9.17) is 11.6 Å². The van der Waals surface area contributed by atoms with E-state index in [-0.39, 0.29) is 19.0 Å². The molecule has 0 radical (unpaired) electrons. The molecule has 3 atom stereocenters. The second-order valence-corrected chi connectivity index (χ2v) is 11.0. The largest absolute Gasteiger partial charge is 0.343 e. The highest BCUT2D eigenvalue weighted by Crippen LogP contribution is 2.49. The van der Waals surface area contributed by atoms with Crippen molar-refractivity contribution >= 4 is 17.5 Å². The maximum Gasteiger partial charge on any atom is 0.222 e. The van der Waals surface area contributed by atoms with E-state index in [1.807, 2.05) is 58.6 Å². The molecule has 1 amide bonds. The molecule has 0 aliphatic carbocycles. The number of amides is 1. The smallest absolute Gasteiger partial charge is 0.222 e. The molecule has 8 heteroatoms. The minimum Gasteiger partial charge on any atom is -0.343 e. The summed E-state index contributed by atoms with van der Waals surface area (Å²) in [6.07, 6.45) is 3.83. The number of aromatic nitrogens is 2. The molecule has 4 heterocycles. The number of nitrogens with zero attached hydrogens (tertiary/aromatic N) is 4. The number of hydrogen-bond acceptors (Lipinski definition) is 3. The molecule has 0 bridgehead atoms. The van der Waals surface area contributed by atoms with E-state index in [0.29, 0.717) is 43.4 Å². The van der Waals surface area contributed by atoms with Crippen LogP contribution in [0.5, 0.6) is 0 Å². The van der Waals surface area contributed by atoms with Gasteiger partial charge in [-0.3, -0.25) is 9.69 Å². The Balaban J connectivity index is 1.18. The van der Waals surface area contributed by atoms with Crippen molar-refractivity contribution in [1.29, 1.82) is 0 Å². The molecule has 2 fully saturated rings. The number of rotatable bonds is 6. The van der Waals surface area contributed by atoms with Crippen molar-refractivity contribution < 1.29 is 13.6 Å². The molecule has 2 saturated heterocycles. The van der Waals surface area contributed by atoms with Gasteiger partial charge in [0.1, 0.15) is 18.2 Å². The Hall–Kier alpha value is -2.77. The van der Waals surface area contributed by atoms with Gasteiger partial charge in [-0.15, -0.1) is 0 Å². The van der Waals surface area contributed by atoms with Crippen LogP contribution in [0.1, 0.15) is 36.8 Å². The molecule has 1 aromatic heterocycles. The van der Waals surface area contributed by atoms with E-state index in [1.165, 1.54) is 0 Å². The van der Waals surface area contributed by atoms with E-state index >= 15 is 0 Å². The van der Waals surface area contributed by atoms with Crippen LogP contribution in [0.25, 0.3) is 11.4 Å². The number of halogens is 3. The highest BCUT2D eigenvalue weighted by molar-refractivity contribution is 6.30. The maximum atomic E-state index is 13.6. The lowest BCUT2D eigenvalue weighted by Crippen LogP contribution is -2.42. The molecule has 2 aromatic carbocycles. The number of imidazole rings is 1. The van der Waals surface area contributed by atoms with E-state index in [2.05, 4.69) is 21.7 Å². The first-order valence-corrected chi connectivity index (χ1v) is 13.5. The van der Waals surface area contributed by atoms with Crippen molar-refractivity contribution in [1.82, 2.24) is 19.4 Å². The normalized spacial score (nSPS) is 25.9. The van der Waals surface area contributed by atoms with Gasteiger partial charge in [-0.25, -0.2) is 13.8 Å². The summed E-state index contributed by atoms with van der Waals surface area (Å²) in [6, 6.07) is 16.2. The first-order chi connectivity index (χ1) is 18.0. The molecule has 37 heavy (non-hydrogen) atoms. The summed E-state index contributed by atoms with van der Waals surface area (Å²) in [7, 11) is 0. The molecule has 5 nitrogen and oxygen atoms in total. The van der Waals surface area contributed by atoms with Crippen molar-refractivity contribution in [2.75, 3.05) is 32.7 Å². The summed E-state index contributed by atoms with van der Waals surface area (Å²) < 4.78 is 29.3. The monoisotopic (exact) mass is 524 g/mol. The fourth-order valence-electron chi connectivity index (χ4n) is 6.52. The van der Waals surface area contributed by atoms with Gasteiger partial charge in [0, 0.05) is 62.1 Å². The maximum absolute atomic E-state index is 13.6. The van der Waals surface area contributed by atoms with Crippen molar-refractivity contribution in [3.8, 4) is 11.4 Å². The van der Waals surface area contributed by atoms with Crippen LogP contribution in [0.2, 0.25) is 5.02 Å². The number of piperidine rings is 1. The zero-order valence-electron chi connectivity index (χ0n) is 20.7. The Morgan fingerprint density at radius 1 is 1.03 bits per heavy atom. The van der Waals surface area contributed by atoms with Gasteiger partial charge in [-0.05, 0) is 48.4 Å². The average molecular weight is 525 g/mol. The second kappa shape index (κ2) is 9.84. The molecule has 3 aromatic rings. The first-order valence-electron chi connectivity index (χ1n) is 13.1. The van der Waals surface area contributed by atoms with Crippen LogP contribution in [-0.2, 0) is 10.3 Å². The third-order valence-electron chi connectivity index (χ3n) is 8.43. The summed E-state index contributed by atoms with van der Waals surface area (Å²) in [6.45, 7) is 2.46. The fourth-order valence-corrected chi connectivity index (χ4v) is 6.65. The van der Waals surface area contributed by atoms with E-state index in [1.54, 1.807) is 0 Å². The summed E-state index contributed by atoms with van der Waals surface area (Å²) in [4.78, 5) is 22.0. The van der Waals surface area contributed by atoms with Crippen LogP contribution in [0, 0.1) is 5.92 Å². The Morgan fingerprint density at radius 2 is 1.73 bits per heavy atom. The Bertz CT molecular complexity index is 1260. The molecule has 1 unspecified atom stereocenters. The topological polar surface area (TPSA) is 41.4 Å². The quantitative estimate of drug-likeness (QED) is 0.438. The van der Waals surface area contributed by atoms with Gasteiger partial charge < -0.3 is 9.47 Å². The second-order valence-electron chi connectivity index (χ2n) is 10.6. The Morgan fingerprint density at radius 3 is 2.46 bits per heavy atom. The summed E-state index contributed by atoms with van der Waals surface area (Å²) >= 11 is 6.23. The molecular weight excluding hydrogens is 494 g/mol. The van der Waals surface area contributed by atoms with Crippen molar-refractivity contribution in [2.24, 2.45) is 5.92 Å². The van der Waals surface area contributed by atoms with Crippen LogP contribution in [0.3, 0.4) is 0 Å². The lowest BCUT2D eigenvalue weighted by molar-refractivity contribution is -0.133. The number of carbonyl (C=O) groups excluding carboxylic acids is 1. The molecule has 0 N–H and O–H groups in total. The number of fused-ring (bicyclic) bond motifs is 3. The zero-order valence-corrected chi connectivity index (χ0v) is 21.5. The third kappa shape index (κ3) is 4.36. The predicted octanol–water partition coefficient (Wildman–Crippen LogP) is 5.32. The van der Waals surface area contributed by atoms with Crippen LogP contribution in [-0.4, -0.2) is 70.3 Å². The summed E-state index contributed by atoms with van der Waals surface area (Å²) in [5.41, 5.74) is 2.77. The predicted molar refractivity (Wildman–Crippen MR) is 140 cm³/mol. The van der Waals surface area contributed by atoms with E-state index < -0.39 is 17.9 Å². The van der Waals surface area contributed by atoms with E-state index in [0.717, 1.165) is 35.4 Å². The molecule has 0 spiro atoms. The highest BCUT2D eigenvalue weighted by atomic mass is 35.5. The lowest BCUT2D eigenvalue weighted by atomic mass is 9.79. The highest BCUT2D eigenvalue weighted by Gasteiger charge is 2.45. The third-order valence-corrected chi connectivity index (χ3v) is 8.68. The number of carbonyl (C=O) groups is 1. The fraction of sp³-hybridized carbons (Fsp3) is 0.448. The first kappa shape index (κ1) is 24.6. The number of likely N-dealkylation sites (tertiary alicyclic amines) is 2. The van der Waals surface area contributed by atoms with Gasteiger partial charge in [0.25, 0.3) is 0 Å². The average Bonchev–Trinajstić information content (AvgIpc) is 3.58. The van der Waals surface area contributed by atoms with Gasteiger partial charge in [-0.1, -0.05) is 48.0 Å². The van der Waals surface area contributed by atoms with Crippen molar-refractivity contribution in [2.45, 2.75) is 43.6 Å². The minimum atomic E-state index is -1.37. The Kier molecular flexibility index (Phi) is 6.53. The van der Waals surface area contributed by atoms with Gasteiger partial charge in [0.2, 0.25) is 5.91 Å². The zero-order chi connectivity index (χ0) is 25.6. The van der Waals surface area contributed by atoms with Gasteiger partial charge >= 0.3 is 0 Å². The SMILES string of the molecule is O=C(CCC1(c2ccc(Cl)cc2)c2ccccc2-c2nccn21)N1CCC(CN2C[C@H](F)[C@@H](F)C2)CC1. The van der Waals surface area contributed by atoms with Crippen molar-refractivity contribution in [3.05, 3.63) is 77.1 Å². The molecule has 194 valence electrons. The van der Waals surface area contributed by atoms with Gasteiger partial charge in [0.15, 0.2) is 0 Å². The standard InChI is InChI=1S/C29H31ClF2N4O/c30-22-7-5-21(6-8-22)29(24-4-2-1-3-23(24)28-33-13-16-36(28)29)12-9-27(37)35-14-10-20(11-15-35)17-34-18-25(31)26(32)19-34/h1-8,13,16,20,25-26H,9-12,14-15,17-19H2/t25-,26-,29?/m0/s1. The number of alkyl halides is 2. The molecule has 3 aliphatic rings. The van der Waals surface area contributed by atoms with Crippen molar-refractivity contribution in [3.63, 3.8) is 0 Å². The van der Waals surface area contributed by atoms with Crippen LogP contribution < -0.4 is 0 Å². The van der Waals surface area contributed by atoms with Crippen LogP contribution >= 0.6 is 11.6 Å². The van der Waals surface area contributed by atoms with Crippen LogP contribution in [0.15, 0.2) is 60.9 Å². The van der Waals surface area contributed by atoms with E-state index in [9.17, 15) is 13.6 Å².